The van der Waals surface area contributed by atoms with Crippen LogP contribution in [-0.2, 0) is 0 Å². The number of benzene rings is 10. The van der Waals surface area contributed by atoms with Gasteiger partial charge in [0.2, 0.25) is 0 Å². The lowest BCUT2D eigenvalue weighted by atomic mass is 9.83. The standard InChI is InChI=1S/C52H34/c1-2-12-35(13-3-1)37-24-26-38(27-25-37)41-18-10-19-44(33-41)51-47-21-8-9-22-48(47)52(46-23-11-17-39-15-6-7-20-45(39)46)49-31-30-43(34-50(49)51)42-29-28-36-14-4-5-16-40(36)32-42/h1-34H/i8D,9D,21D,22D,30D,31D,34D. The molecule has 0 aliphatic rings. The molecule has 0 saturated carbocycles. The van der Waals surface area contributed by atoms with E-state index in [-0.39, 0.29) is 52.6 Å². The van der Waals surface area contributed by atoms with Gasteiger partial charge in [-0.25, -0.2) is 0 Å². The molecule has 10 aromatic carbocycles. The molecule has 10 aromatic rings. The molecule has 0 amide bonds. The van der Waals surface area contributed by atoms with Crippen LogP contribution in [0.25, 0.3) is 98.7 Å². The van der Waals surface area contributed by atoms with Gasteiger partial charge in [0.15, 0.2) is 0 Å². The van der Waals surface area contributed by atoms with Crippen LogP contribution in [0.5, 0.6) is 0 Å². The third-order valence-corrected chi connectivity index (χ3v) is 10.1. The van der Waals surface area contributed by atoms with E-state index in [1.54, 1.807) is 0 Å². The molecule has 0 atom stereocenters. The molecule has 0 aromatic heterocycles. The molecular formula is C52H34. The second-order valence-corrected chi connectivity index (χ2v) is 13.1. The summed E-state index contributed by atoms with van der Waals surface area (Å²) in [4.78, 5) is 0. The summed E-state index contributed by atoms with van der Waals surface area (Å²) in [5, 5.41) is 4.85. The minimum Gasteiger partial charge on any atom is -0.0622 e. The van der Waals surface area contributed by atoms with E-state index in [0.29, 0.717) is 38.6 Å². The zero-order valence-corrected chi connectivity index (χ0v) is 28.1. The number of rotatable bonds is 5. The maximum absolute atomic E-state index is 10.2. The molecule has 0 spiro atoms. The first-order valence-corrected chi connectivity index (χ1v) is 17.4. The summed E-state index contributed by atoms with van der Waals surface area (Å²) in [6.45, 7) is 0. The predicted molar refractivity (Wildman–Crippen MR) is 224 cm³/mol. The van der Waals surface area contributed by atoms with Crippen LogP contribution in [0, 0.1) is 0 Å². The highest BCUT2D eigenvalue weighted by Crippen LogP contribution is 2.47. The molecule has 0 aliphatic carbocycles. The van der Waals surface area contributed by atoms with Crippen molar-refractivity contribution in [1.82, 2.24) is 0 Å². The van der Waals surface area contributed by atoms with Crippen molar-refractivity contribution in [2.45, 2.75) is 0 Å². The van der Waals surface area contributed by atoms with Crippen molar-refractivity contribution in [3.63, 3.8) is 0 Å². The van der Waals surface area contributed by atoms with E-state index in [9.17, 15) is 6.85 Å². The Morgan fingerprint density at radius 1 is 0.288 bits per heavy atom. The molecule has 52 heavy (non-hydrogen) atoms. The SMILES string of the molecule is [2H]c1c([2H])c([2H])c2c(-c3cccc4ccccc34)c3c([2H])c([2H])c(-c4ccc5ccccc5c4)c([2H])c3c(-c3cccc(-c4ccc(-c5ccccc5)cc4)c3)c2c1[2H]. The molecule has 0 heteroatoms. The van der Waals surface area contributed by atoms with Gasteiger partial charge in [-0.05, 0) is 117 Å². The zero-order chi connectivity index (χ0) is 40.5. The van der Waals surface area contributed by atoms with Crippen LogP contribution in [0.15, 0.2) is 206 Å². The summed E-state index contributed by atoms with van der Waals surface area (Å²) >= 11 is 0. The lowest BCUT2D eigenvalue weighted by Crippen LogP contribution is -1.93. The quantitative estimate of drug-likeness (QED) is 0.161. The Labute approximate surface area is 313 Å². The molecule has 0 fully saturated rings. The van der Waals surface area contributed by atoms with Crippen LogP contribution < -0.4 is 0 Å². The van der Waals surface area contributed by atoms with Gasteiger partial charge in [-0.2, -0.15) is 0 Å². The van der Waals surface area contributed by atoms with Crippen molar-refractivity contribution in [3.8, 4) is 55.6 Å². The number of hydrogen-bond donors (Lipinski definition) is 0. The Morgan fingerprint density at radius 3 is 1.67 bits per heavy atom. The van der Waals surface area contributed by atoms with E-state index in [1.165, 1.54) is 0 Å². The molecule has 0 bridgehead atoms. The monoisotopic (exact) mass is 665 g/mol. The van der Waals surface area contributed by atoms with Crippen molar-refractivity contribution < 1.29 is 9.60 Å². The first-order chi connectivity index (χ1) is 28.7. The fraction of sp³-hybridized carbons (Fsp3) is 0. The van der Waals surface area contributed by atoms with Gasteiger partial charge in [0.05, 0.1) is 9.60 Å². The third kappa shape index (κ3) is 5.16. The van der Waals surface area contributed by atoms with E-state index in [0.717, 1.165) is 43.8 Å². The van der Waals surface area contributed by atoms with Crippen LogP contribution in [0.2, 0.25) is 0 Å². The fourth-order valence-electron chi connectivity index (χ4n) is 7.55. The van der Waals surface area contributed by atoms with Crippen LogP contribution in [0.4, 0.5) is 0 Å². The fourth-order valence-corrected chi connectivity index (χ4v) is 7.55. The van der Waals surface area contributed by atoms with E-state index in [1.807, 2.05) is 127 Å². The molecule has 0 saturated heterocycles. The van der Waals surface area contributed by atoms with E-state index >= 15 is 0 Å². The Bertz CT molecular complexity index is 3330. The highest BCUT2D eigenvalue weighted by molar-refractivity contribution is 6.24. The van der Waals surface area contributed by atoms with Crippen molar-refractivity contribution >= 4 is 43.1 Å². The summed E-state index contributed by atoms with van der Waals surface area (Å²) < 4.78 is 66.7. The van der Waals surface area contributed by atoms with Crippen molar-refractivity contribution in [2.75, 3.05) is 0 Å². The predicted octanol–water partition coefficient (Wildman–Crippen LogP) is 14.6. The Kier molecular flexibility index (Phi) is 5.69. The lowest BCUT2D eigenvalue weighted by molar-refractivity contribution is 1.58. The molecule has 0 nitrogen and oxygen atoms in total. The minimum atomic E-state index is -0.391. The first kappa shape index (κ1) is 23.6. The second-order valence-electron chi connectivity index (χ2n) is 13.1. The Balaban J connectivity index is 1.37. The average Bonchev–Trinajstić information content (AvgIpc) is 3.28. The summed E-state index contributed by atoms with van der Waals surface area (Å²) in [5.74, 6) is 0. The molecule has 0 aliphatic heterocycles. The Morgan fingerprint density at radius 2 is 0.846 bits per heavy atom. The Hall–Kier alpha value is -6.76. The van der Waals surface area contributed by atoms with Gasteiger partial charge in [-0.3, -0.25) is 0 Å². The molecule has 0 radical (unpaired) electrons. The highest BCUT2D eigenvalue weighted by Gasteiger charge is 2.19. The van der Waals surface area contributed by atoms with E-state index in [2.05, 4.69) is 36.4 Å². The number of hydrogen-bond acceptors (Lipinski definition) is 0. The minimum absolute atomic E-state index is 0.0136. The van der Waals surface area contributed by atoms with Gasteiger partial charge in [-0.15, -0.1) is 0 Å². The van der Waals surface area contributed by atoms with Gasteiger partial charge < -0.3 is 0 Å². The largest absolute Gasteiger partial charge is 0.0636 e. The molecular weight excluding hydrogens is 625 g/mol. The van der Waals surface area contributed by atoms with Gasteiger partial charge >= 0.3 is 0 Å². The molecule has 0 N–H and O–H groups in total. The smallest absolute Gasteiger partial charge is 0.0622 e. The van der Waals surface area contributed by atoms with Crippen molar-refractivity contribution in [2.24, 2.45) is 0 Å². The summed E-state index contributed by atoms with van der Waals surface area (Å²) in [5.41, 5.74) is 7.05. The lowest BCUT2D eigenvalue weighted by Gasteiger charge is -2.20. The molecule has 0 heterocycles. The summed E-state index contributed by atoms with van der Waals surface area (Å²) in [7, 11) is 0. The van der Waals surface area contributed by atoms with Crippen LogP contribution in [-0.4, -0.2) is 0 Å². The van der Waals surface area contributed by atoms with Crippen LogP contribution in [0.3, 0.4) is 0 Å². The maximum atomic E-state index is 10.2. The van der Waals surface area contributed by atoms with Gasteiger partial charge in [0.1, 0.15) is 0 Å². The van der Waals surface area contributed by atoms with Gasteiger partial charge in [0.25, 0.3) is 0 Å². The topological polar surface area (TPSA) is 0 Å². The maximum Gasteiger partial charge on any atom is 0.0636 e. The zero-order valence-electron chi connectivity index (χ0n) is 35.1. The van der Waals surface area contributed by atoms with Crippen LogP contribution >= 0.6 is 0 Å². The normalized spacial score (nSPS) is 13.3. The average molecular weight is 666 g/mol. The third-order valence-electron chi connectivity index (χ3n) is 10.1. The summed E-state index contributed by atoms with van der Waals surface area (Å²) in [6, 6.07) is 52.1. The number of fused-ring (bicyclic) bond motifs is 4. The van der Waals surface area contributed by atoms with Crippen LogP contribution in [0.1, 0.15) is 9.60 Å². The van der Waals surface area contributed by atoms with Gasteiger partial charge in [-0.1, -0.05) is 188 Å². The van der Waals surface area contributed by atoms with Crippen molar-refractivity contribution in [1.29, 1.82) is 0 Å². The summed E-state index contributed by atoms with van der Waals surface area (Å²) in [6.07, 6.45) is 0. The molecule has 242 valence electrons. The van der Waals surface area contributed by atoms with Gasteiger partial charge in [0, 0.05) is 0 Å². The van der Waals surface area contributed by atoms with Crippen molar-refractivity contribution in [3.05, 3.63) is 206 Å². The first-order valence-electron chi connectivity index (χ1n) is 20.9. The molecule has 0 unspecified atom stereocenters. The highest BCUT2D eigenvalue weighted by atomic mass is 14.2. The van der Waals surface area contributed by atoms with E-state index in [4.69, 9.17) is 2.74 Å². The second kappa shape index (κ2) is 12.5. The van der Waals surface area contributed by atoms with E-state index < -0.39 is 6.04 Å². The molecule has 10 rings (SSSR count).